The van der Waals surface area contributed by atoms with Crippen molar-refractivity contribution in [2.24, 2.45) is 0 Å². The Labute approximate surface area is 217 Å². The summed E-state index contributed by atoms with van der Waals surface area (Å²) in [6.07, 6.45) is 5.92. The fraction of sp³-hybridized carbons (Fsp3) is 0.407. The van der Waals surface area contributed by atoms with Gasteiger partial charge >= 0.3 is 0 Å². The van der Waals surface area contributed by atoms with Gasteiger partial charge in [0.05, 0.1) is 39.1 Å². The molecule has 4 heterocycles. The number of ether oxygens (including phenoxy) is 2. The predicted molar refractivity (Wildman–Crippen MR) is 137 cm³/mol. The van der Waals surface area contributed by atoms with Gasteiger partial charge in [-0.15, -0.1) is 11.3 Å². The van der Waals surface area contributed by atoms with Gasteiger partial charge in [-0.25, -0.2) is 4.98 Å². The van der Waals surface area contributed by atoms with Gasteiger partial charge in [0.1, 0.15) is 22.1 Å². The number of nitrogens with zero attached hydrogens (tertiary/aromatic N) is 2. The Bertz CT molecular complexity index is 1350. The number of hydrogen-bond donors (Lipinski definition) is 0. The molecule has 0 unspecified atom stereocenters. The van der Waals surface area contributed by atoms with Gasteiger partial charge in [-0.1, -0.05) is 46.6 Å². The van der Waals surface area contributed by atoms with Crippen molar-refractivity contribution in [3.05, 3.63) is 68.8 Å². The summed E-state index contributed by atoms with van der Waals surface area (Å²) in [5, 5.41) is 6.62. The monoisotopic (exact) mass is 526 g/mol. The third-order valence-electron chi connectivity index (χ3n) is 7.75. The summed E-state index contributed by atoms with van der Waals surface area (Å²) in [5.41, 5.74) is 2.82. The van der Waals surface area contributed by atoms with Crippen LogP contribution in [0.1, 0.15) is 60.8 Å². The smallest absolute Gasteiger partial charge is 0.145 e. The third kappa shape index (κ3) is 3.73. The molecular weight excluding hydrogens is 503 g/mol. The molecule has 2 aliphatic heterocycles. The molecule has 8 rings (SSSR count). The molecule has 0 amide bonds. The first-order valence-corrected chi connectivity index (χ1v) is 13.7. The summed E-state index contributed by atoms with van der Waals surface area (Å²) in [5.74, 6) is 1.30. The van der Waals surface area contributed by atoms with E-state index in [1.165, 1.54) is 4.70 Å². The Balaban J connectivity index is 1.14. The maximum atomic E-state index is 6.67. The highest BCUT2D eigenvalue weighted by Gasteiger charge is 2.53. The van der Waals surface area contributed by atoms with Crippen LogP contribution < -0.4 is 0 Å². The van der Waals surface area contributed by atoms with Gasteiger partial charge < -0.3 is 14.0 Å². The second-order valence-corrected chi connectivity index (χ2v) is 11.8. The van der Waals surface area contributed by atoms with Crippen LogP contribution in [-0.2, 0) is 21.7 Å². The highest BCUT2D eigenvalue weighted by Crippen LogP contribution is 2.53. The zero-order chi connectivity index (χ0) is 23.6. The number of thiazole rings is 1. The Hall–Kier alpha value is -1.96. The van der Waals surface area contributed by atoms with Crippen LogP contribution in [0, 0.1) is 0 Å². The van der Waals surface area contributed by atoms with Crippen LogP contribution in [-0.4, -0.2) is 22.3 Å². The molecule has 2 saturated heterocycles. The molecule has 4 aliphatic rings. The van der Waals surface area contributed by atoms with E-state index in [1.54, 1.807) is 11.3 Å². The van der Waals surface area contributed by atoms with Crippen LogP contribution in [0.25, 0.3) is 21.5 Å². The van der Waals surface area contributed by atoms with E-state index in [2.05, 4.69) is 23.4 Å². The minimum absolute atomic E-state index is 0.290. The van der Waals surface area contributed by atoms with E-state index < -0.39 is 0 Å². The molecule has 35 heavy (non-hydrogen) atoms. The van der Waals surface area contributed by atoms with Gasteiger partial charge in [0, 0.05) is 17.0 Å². The number of hydrogen-bond acceptors (Lipinski definition) is 6. The van der Waals surface area contributed by atoms with E-state index in [-0.39, 0.29) is 11.2 Å². The number of aromatic nitrogens is 2. The fourth-order valence-corrected chi connectivity index (χ4v) is 7.21. The zero-order valence-corrected chi connectivity index (χ0v) is 21.4. The van der Waals surface area contributed by atoms with Crippen LogP contribution in [0.2, 0.25) is 10.0 Å². The maximum absolute atomic E-state index is 6.67. The van der Waals surface area contributed by atoms with Crippen LogP contribution in [0.3, 0.4) is 0 Å². The largest absolute Gasteiger partial charge is 0.368 e. The molecule has 0 atom stereocenters. The Morgan fingerprint density at radius 3 is 2.46 bits per heavy atom. The van der Waals surface area contributed by atoms with E-state index >= 15 is 0 Å². The molecule has 0 N–H and O–H groups in total. The van der Waals surface area contributed by atoms with Crippen molar-refractivity contribution in [2.75, 3.05) is 6.61 Å². The molecule has 4 aromatic rings. The normalized spacial score (nSPS) is 26.0. The molecule has 4 fully saturated rings. The predicted octanol–water partition coefficient (Wildman–Crippen LogP) is 7.89. The lowest BCUT2D eigenvalue weighted by molar-refractivity contribution is -0.243. The van der Waals surface area contributed by atoms with Crippen molar-refractivity contribution < 1.29 is 14.0 Å². The van der Waals surface area contributed by atoms with E-state index in [9.17, 15) is 0 Å². The Morgan fingerprint density at radius 2 is 1.77 bits per heavy atom. The molecule has 2 aromatic carbocycles. The van der Waals surface area contributed by atoms with Gasteiger partial charge in [0.2, 0.25) is 0 Å². The van der Waals surface area contributed by atoms with Crippen LogP contribution in [0.5, 0.6) is 0 Å². The first-order chi connectivity index (χ1) is 17.1. The molecule has 2 aliphatic carbocycles. The van der Waals surface area contributed by atoms with Gasteiger partial charge in [0.15, 0.2) is 0 Å². The summed E-state index contributed by atoms with van der Waals surface area (Å²) >= 11 is 14.8. The van der Waals surface area contributed by atoms with Crippen LogP contribution in [0.15, 0.2) is 47.0 Å². The van der Waals surface area contributed by atoms with Crippen molar-refractivity contribution in [1.29, 1.82) is 0 Å². The fourth-order valence-electron chi connectivity index (χ4n) is 5.47. The summed E-state index contributed by atoms with van der Waals surface area (Å²) in [6, 6.07) is 13.8. The number of halogens is 2. The molecule has 5 nitrogen and oxygen atoms in total. The van der Waals surface area contributed by atoms with Crippen molar-refractivity contribution in [3.8, 4) is 11.3 Å². The number of para-hydroxylation sites is 1. The topological polar surface area (TPSA) is 57.4 Å². The third-order valence-corrected chi connectivity index (χ3v) is 9.60. The van der Waals surface area contributed by atoms with E-state index in [4.69, 9.17) is 42.2 Å². The highest BCUT2D eigenvalue weighted by molar-refractivity contribution is 7.18. The van der Waals surface area contributed by atoms with Gasteiger partial charge in [-0.05, 0) is 62.8 Å². The summed E-state index contributed by atoms with van der Waals surface area (Å²) in [7, 11) is 0. The Morgan fingerprint density at radius 1 is 1.00 bits per heavy atom. The molecule has 2 saturated carbocycles. The molecule has 2 aromatic heterocycles. The zero-order valence-electron chi connectivity index (χ0n) is 19.1. The average Bonchev–Trinajstić information content (AvgIpc) is 3.49. The second-order valence-electron chi connectivity index (χ2n) is 9.99. The minimum Gasteiger partial charge on any atom is -0.368 e. The number of rotatable bonds is 6. The van der Waals surface area contributed by atoms with Gasteiger partial charge in [0.25, 0.3) is 0 Å². The van der Waals surface area contributed by atoms with E-state index in [0.29, 0.717) is 40.4 Å². The summed E-state index contributed by atoms with van der Waals surface area (Å²) in [4.78, 5) is 4.92. The van der Waals surface area contributed by atoms with Crippen molar-refractivity contribution >= 4 is 44.8 Å². The number of fused-ring (bicyclic) bond motifs is 4. The van der Waals surface area contributed by atoms with Gasteiger partial charge in [-0.3, -0.25) is 0 Å². The maximum Gasteiger partial charge on any atom is 0.145 e. The first kappa shape index (κ1) is 22.3. The molecule has 180 valence electrons. The molecule has 2 bridgehead atoms. The molecule has 0 spiro atoms. The highest BCUT2D eigenvalue weighted by atomic mass is 35.5. The second kappa shape index (κ2) is 8.29. The Kier molecular flexibility index (Phi) is 5.27. The SMILES string of the molecule is Clc1cccc(Cl)c1-c1noc(C2CC2)c1COC12CCC(c3nc4ccccc4s3)(CC1)OC2. The lowest BCUT2D eigenvalue weighted by Crippen LogP contribution is -2.54. The minimum atomic E-state index is -0.307. The number of benzene rings is 2. The average molecular weight is 527 g/mol. The van der Waals surface area contributed by atoms with Crippen molar-refractivity contribution in [3.63, 3.8) is 0 Å². The molecule has 8 heteroatoms. The first-order valence-electron chi connectivity index (χ1n) is 12.1. The van der Waals surface area contributed by atoms with Gasteiger partial charge in [-0.2, -0.15) is 0 Å². The van der Waals surface area contributed by atoms with Crippen molar-refractivity contribution in [1.82, 2.24) is 10.1 Å². The lowest BCUT2D eigenvalue weighted by Gasteiger charge is -2.51. The molecule has 0 radical (unpaired) electrons. The van der Waals surface area contributed by atoms with Crippen LogP contribution >= 0.6 is 34.5 Å². The quantitative estimate of drug-likeness (QED) is 0.255. The summed E-state index contributed by atoms with van der Waals surface area (Å²) < 4.78 is 20.2. The van der Waals surface area contributed by atoms with Crippen LogP contribution in [0.4, 0.5) is 0 Å². The van der Waals surface area contributed by atoms with E-state index in [1.807, 2.05) is 24.3 Å². The standard InChI is InChI=1S/C27H24Cl2N2O3S/c28-18-4-3-5-19(29)22(18)23-17(24(34-31-23)16-8-9-16)14-32-26-10-12-27(13-11-26,33-15-26)25-30-20-6-1-2-7-21(20)35-25/h1-7,16H,8-15H2. The summed E-state index contributed by atoms with van der Waals surface area (Å²) in [6.45, 7) is 0.971. The van der Waals surface area contributed by atoms with Crippen molar-refractivity contribution in [2.45, 2.75) is 62.3 Å². The van der Waals surface area contributed by atoms with E-state index in [0.717, 1.165) is 60.4 Å². The molecular formula is C27H24Cl2N2O3S. The lowest BCUT2D eigenvalue weighted by atomic mass is 9.73.